The molecule has 0 aromatic heterocycles. The van der Waals surface area contributed by atoms with Crippen LogP contribution in [0, 0.1) is 0 Å². The van der Waals surface area contributed by atoms with Crippen LogP contribution in [0.2, 0.25) is 5.02 Å². The Kier molecular flexibility index (Phi) is 8.00. The first-order chi connectivity index (χ1) is 15.7. The van der Waals surface area contributed by atoms with E-state index in [0.717, 1.165) is 16.3 Å². The van der Waals surface area contributed by atoms with Crippen molar-refractivity contribution in [2.45, 2.75) is 31.2 Å². The van der Waals surface area contributed by atoms with Crippen molar-refractivity contribution in [1.29, 1.82) is 0 Å². The zero-order chi connectivity index (χ0) is 24.0. The summed E-state index contributed by atoms with van der Waals surface area (Å²) in [5.41, 5.74) is 2.48. The average molecular weight is 487 g/mol. The van der Waals surface area contributed by atoms with Crippen molar-refractivity contribution in [2.24, 2.45) is 0 Å². The highest BCUT2D eigenvalue weighted by molar-refractivity contribution is 7.92. The van der Waals surface area contributed by atoms with Gasteiger partial charge in [0, 0.05) is 5.02 Å². The highest BCUT2D eigenvalue weighted by Gasteiger charge is 2.28. The molecule has 0 saturated carbocycles. The molecule has 0 aliphatic rings. The first-order valence-corrected chi connectivity index (χ1v) is 12.4. The van der Waals surface area contributed by atoms with Crippen LogP contribution in [-0.2, 0) is 21.2 Å². The van der Waals surface area contributed by atoms with E-state index in [9.17, 15) is 13.2 Å². The van der Waals surface area contributed by atoms with Crippen LogP contribution in [0.3, 0.4) is 0 Å². The lowest BCUT2D eigenvalue weighted by Crippen LogP contribution is -2.41. The van der Waals surface area contributed by atoms with Gasteiger partial charge in [-0.2, -0.15) is 0 Å². The second kappa shape index (κ2) is 10.7. The maximum absolute atomic E-state index is 13.5. The van der Waals surface area contributed by atoms with Gasteiger partial charge in [0.2, 0.25) is 5.91 Å². The van der Waals surface area contributed by atoms with Gasteiger partial charge < -0.3 is 10.1 Å². The number of carbonyl (C=O) groups excluding carboxylic acids is 1. The molecule has 0 radical (unpaired) electrons. The summed E-state index contributed by atoms with van der Waals surface area (Å²) in [6.45, 7) is 3.56. The van der Waals surface area contributed by atoms with Crippen LogP contribution in [0.5, 0.6) is 5.75 Å². The highest BCUT2D eigenvalue weighted by Crippen LogP contribution is 2.26. The van der Waals surface area contributed by atoms with Crippen molar-refractivity contribution in [1.82, 2.24) is 5.32 Å². The molecule has 174 valence electrons. The molecule has 33 heavy (non-hydrogen) atoms. The Morgan fingerprint density at radius 1 is 1.00 bits per heavy atom. The van der Waals surface area contributed by atoms with E-state index >= 15 is 0 Å². The van der Waals surface area contributed by atoms with Crippen molar-refractivity contribution >= 4 is 33.2 Å². The van der Waals surface area contributed by atoms with E-state index in [2.05, 4.69) is 12.2 Å². The zero-order valence-electron chi connectivity index (χ0n) is 18.8. The number of nitrogens with zero attached hydrogens (tertiary/aromatic N) is 1. The normalized spacial score (nSPS) is 12.1. The number of sulfonamides is 1. The van der Waals surface area contributed by atoms with Crippen LogP contribution in [0.4, 0.5) is 5.69 Å². The number of benzene rings is 3. The molecule has 0 saturated heterocycles. The molecule has 0 bridgehead atoms. The lowest BCUT2D eigenvalue weighted by atomic mass is 10.1. The Hall–Kier alpha value is -3.03. The number of halogens is 1. The number of anilines is 1. The largest absolute Gasteiger partial charge is 0.497 e. The van der Waals surface area contributed by atoms with Gasteiger partial charge in [0.15, 0.2) is 0 Å². The van der Waals surface area contributed by atoms with Crippen molar-refractivity contribution < 1.29 is 17.9 Å². The summed E-state index contributed by atoms with van der Waals surface area (Å²) < 4.78 is 33.1. The summed E-state index contributed by atoms with van der Waals surface area (Å²) in [4.78, 5) is 13.0. The van der Waals surface area contributed by atoms with E-state index in [0.29, 0.717) is 16.5 Å². The third kappa shape index (κ3) is 6.06. The minimum Gasteiger partial charge on any atom is -0.497 e. The van der Waals surface area contributed by atoms with Gasteiger partial charge in [-0.05, 0) is 73.0 Å². The number of methoxy groups -OCH3 is 1. The van der Waals surface area contributed by atoms with Crippen LogP contribution >= 0.6 is 11.6 Å². The number of carbonyl (C=O) groups is 1. The van der Waals surface area contributed by atoms with Crippen LogP contribution in [0.15, 0.2) is 77.7 Å². The number of nitrogens with one attached hydrogen (secondary N) is 1. The van der Waals surface area contributed by atoms with Gasteiger partial charge in [-0.15, -0.1) is 0 Å². The molecule has 1 amide bonds. The molecule has 6 nitrogen and oxygen atoms in total. The van der Waals surface area contributed by atoms with Crippen LogP contribution in [0.1, 0.15) is 31.0 Å². The number of aryl methyl sites for hydroxylation is 1. The van der Waals surface area contributed by atoms with E-state index < -0.39 is 15.9 Å². The predicted octanol–water partition coefficient (Wildman–Crippen LogP) is 4.98. The molecule has 0 fully saturated rings. The molecule has 3 aromatic carbocycles. The number of hydrogen-bond acceptors (Lipinski definition) is 4. The average Bonchev–Trinajstić information content (AvgIpc) is 2.83. The van der Waals surface area contributed by atoms with Crippen molar-refractivity contribution in [2.75, 3.05) is 18.0 Å². The Morgan fingerprint density at radius 2 is 1.61 bits per heavy atom. The molecular weight excluding hydrogens is 460 g/mol. The second-order valence-corrected chi connectivity index (χ2v) is 9.85. The Labute approximate surface area is 200 Å². The summed E-state index contributed by atoms with van der Waals surface area (Å²) in [5, 5.41) is 3.36. The van der Waals surface area contributed by atoms with E-state index in [1.165, 1.54) is 24.8 Å². The maximum Gasteiger partial charge on any atom is 0.264 e. The van der Waals surface area contributed by atoms with Gasteiger partial charge in [0.05, 0.1) is 23.7 Å². The van der Waals surface area contributed by atoms with E-state index in [-0.39, 0.29) is 17.5 Å². The molecule has 0 heterocycles. The first-order valence-electron chi connectivity index (χ1n) is 10.5. The Morgan fingerprint density at radius 3 is 2.15 bits per heavy atom. The molecule has 0 aliphatic heterocycles. The smallest absolute Gasteiger partial charge is 0.264 e. The van der Waals surface area contributed by atoms with E-state index in [1.807, 2.05) is 31.2 Å². The van der Waals surface area contributed by atoms with Crippen molar-refractivity contribution in [3.8, 4) is 5.75 Å². The molecule has 3 rings (SSSR count). The molecule has 0 unspecified atom stereocenters. The lowest BCUT2D eigenvalue weighted by molar-refractivity contribution is -0.120. The molecule has 1 N–H and O–H groups in total. The summed E-state index contributed by atoms with van der Waals surface area (Å²) in [6.07, 6.45) is 0.931. The minimum atomic E-state index is -4.02. The molecule has 8 heteroatoms. The fraction of sp³-hybridized carbons (Fsp3) is 0.240. The number of amides is 1. The van der Waals surface area contributed by atoms with Crippen molar-refractivity contribution in [3.63, 3.8) is 0 Å². The fourth-order valence-electron chi connectivity index (χ4n) is 3.34. The monoisotopic (exact) mass is 486 g/mol. The standard InChI is InChI=1S/C25H27ClN2O4S/c1-4-19-5-7-20(8-6-19)18(2)27-25(29)17-28(22-11-9-21(26)10-12-22)33(30,31)24-15-13-23(32-3)14-16-24/h5-16,18H,4,17H2,1-3H3,(H,27,29)/t18-/m1/s1. The fourth-order valence-corrected chi connectivity index (χ4v) is 4.89. The number of rotatable bonds is 9. The van der Waals surface area contributed by atoms with Gasteiger partial charge in [-0.1, -0.05) is 42.8 Å². The number of ether oxygens (including phenoxy) is 1. The van der Waals surface area contributed by atoms with E-state index in [4.69, 9.17) is 16.3 Å². The SMILES string of the molecule is CCc1ccc([C@@H](C)NC(=O)CN(c2ccc(Cl)cc2)S(=O)(=O)c2ccc(OC)cc2)cc1. The van der Waals surface area contributed by atoms with Gasteiger partial charge in [-0.25, -0.2) is 8.42 Å². The van der Waals surface area contributed by atoms with Gasteiger partial charge in [0.1, 0.15) is 12.3 Å². The van der Waals surface area contributed by atoms with E-state index in [1.54, 1.807) is 36.4 Å². The molecule has 0 spiro atoms. The van der Waals surface area contributed by atoms with Gasteiger partial charge in [-0.3, -0.25) is 9.10 Å². The first kappa shape index (κ1) is 24.6. The van der Waals surface area contributed by atoms with Gasteiger partial charge in [0.25, 0.3) is 10.0 Å². The topological polar surface area (TPSA) is 75.7 Å². The summed E-state index contributed by atoms with van der Waals surface area (Å²) >= 11 is 5.98. The van der Waals surface area contributed by atoms with Crippen molar-refractivity contribution in [3.05, 3.63) is 88.9 Å². The third-order valence-electron chi connectivity index (χ3n) is 5.31. The zero-order valence-corrected chi connectivity index (χ0v) is 20.4. The summed E-state index contributed by atoms with van der Waals surface area (Å²) in [7, 11) is -2.52. The van der Waals surface area contributed by atoms with Crippen LogP contribution < -0.4 is 14.4 Å². The van der Waals surface area contributed by atoms with Gasteiger partial charge >= 0.3 is 0 Å². The minimum absolute atomic E-state index is 0.0502. The predicted molar refractivity (Wildman–Crippen MR) is 131 cm³/mol. The molecule has 0 aliphatic carbocycles. The third-order valence-corrected chi connectivity index (χ3v) is 7.35. The lowest BCUT2D eigenvalue weighted by Gasteiger charge is -2.25. The Balaban J connectivity index is 1.86. The summed E-state index contributed by atoms with van der Waals surface area (Å²) in [5.74, 6) is 0.113. The molecule has 1 atom stereocenters. The quantitative estimate of drug-likeness (QED) is 0.462. The molecule has 3 aromatic rings. The Bertz CT molecular complexity index is 1180. The summed E-state index contributed by atoms with van der Waals surface area (Å²) in [6, 6.07) is 20.0. The maximum atomic E-state index is 13.5. The second-order valence-electron chi connectivity index (χ2n) is 7.55. The van der Waals surface area contributed by atoms with Crippen LogP contribution in [-0.4, -0.2) is 28.0 Å². The number of hydrogen-bond donors (Lipinski definition) is 1. The van der Waals surface area contributed by atoms with Crippen LogP contribution in [0.25, 0.3) is 0 Å². The molecular formula is C25H27ClN2O4S. The highest BCUT2D eigenvalue weighted by atomic mass is 35.5.